The van der Waals surface area contributed by atoms with Crippen molar-refractivity contribution >= 4 is 41.6 Å². The van der Waals surface area contributed by atoms with Crippen molar-refractivity contribution in [2.75, 3.05) is 6.61 Å². The molecule has 0 bridgehead atoms. The fourth-order valence-electron chi connectivity index (χ4n) is 1.67. The molecule has 8 heteroatoms. The summed E-state index contributed by atoms with van der Waals surface area (Å²) in [5, 5.41) is 0. The van der Waals surface area contributed by atoms with E-state index >= 15 is 0 Å². The Labute approximate surface area is 128 Å². The number of ether oxygens (including phenoxy) is 1. The molecule has 1 aromatic rings. The van der Waals surface area contributed by atoms with Gasteiger partial charge in [0, 0.05) is 15.2 Å². The van der Waals surface area contributed by atoms with E-state index in [9.17, 15) is 17.6 Å². The largest absolute Gasteiger partial charge is 0.462 e. The predicted octanol–water partition coefficient (Wildman–Crippen LogP) is 3.47. The number of hydrogen-bond acceptors (Lipinski definition) is 4. The van der Waals surface area contributed by atoms with Crippen molar-refractivity contribution in [3.05, 3.63) is 28.0 Å². The standard InChI is InChI=1S/C12H11BrClFO4S/c13-9-6-10(15)8(5-11(9)20(14,17)18)12(16)19-4-3-7-1-2-7/h5-7H,1-4H2. The highest BCUT2D eigenvalue weighted by Crippen LogP contribution is 2.32. The summed E-state index contributed by atoms with van der Waals surface area (Å²) in [6.45, 7) is 0.196. The van der Waals surface area contributed by atoms with Crippen LogP contribution in [-0.2, 0) is 13.8 Å². The van der Waals surface area contributed by atoms with Crippen LogP contribution in [0.3, 0.4) is 0 Å². The van der Waals surface area contributed by atoms with Gasteiger partial charge in [-0.1, -0.05) is 12.8 Å². The van der Waals surface area contributed by atoms with E-state index < -0.39 is 26.4 Å². The van der Waals surface area contributed by atoms with Gasteiger partial charge >= 0.3 is 5.97 Å². The summed E-state index contributed by atoms with van der Waals surface area (Å²) in [5.41, 5.74) is -0.441. The summed E-state index contributed by atoms with van der Waals surface area (Å²) in [5.74, 6) is -1.18. The molecule has 0 amide bonds. The molecular weight excluding hydrogens is 375 g/mol. The lowest BCUT2D eigenvalue weighted by atomic mass is 10.2. The van der Waals surface area contributed by atoms with E-state index in [1.807, 2.05) is 0 Å². The molecule has 0 radical (unpaired) electrons. The first-order valence-corrected chi connectivity index (χ1v) is 9.00. The van der Waals surface area contributed by atoms with Crippen molar-refractivity contribution in [2.24, 2.45) is 5.92 Å². The molecule has 0 atom stereocenters. The molecule has 1 aromatic carbocycles. The Kier molecular flexibility index (Phi) is 4.71. The number of carbonyl (C=O) groups is 1. The van der Waals surface area contributed by atoms with Gasteiger partial charge in [-0.3, -0.25) is 0 Å². The van der Waals surface area contributed by atoms with Crippen LogP contribution < -0.4 is 0 Å². The van der Waals surface area contributed by atoms with Gasteiger partial charge in [0.15, 0.2) is 0 Å². The first-order valence-electron chi connectivity index (χ1n) is 5.90. The molecule has 0 unspecified atom stereocenters. The number of benzene rings is 1. The average molecular weight is 386 g/mol. The molecule has 0 spiro atoms. The fraction of sp³-hybridized carbons (Fsp3) is 0.417. The van der Waals surface area contributed by atoms with Gasteiger partial charge in [0.1, 0.15) is 5.82 Å². The zero-order chi connectivity index (χ0) is 14.9. The number of halogens is 3. The van der Waals surface area contributed by atoms with Crippen molar-refractivity contribution in [1.82, 2.24) is 0 Å². The minimum Gasteiger partial charge on any atom is -0.462 e. The molecule has 0 aromatic heterocycles. The second kappa shape index (κ2) is 5.99. The third kappa shape index (κ3) is 3.93. The molecule has 0 N–H and O–H groups in total. The van der Waals surface area contributed by atoms with Gasteiger partial charge in [0.2, 0.25) is 0 Å². The lowest BCUT2D eigenvalue weighted by molar-refractivity contribution is 0.0489. The summed E-state index contributed by atoms with van der Waals surface area (Å²) in [7, 11) is 1.14. The Balaban J connectivity index is 2.19. The number of esters is 1. The number of hydrogen-bond donors (Lipinski definition) is 0. The van der Waals surface area contributed by atoms with Gasteiger partial charge in [-0.15, -0.1) is 0 Å². The Bertz CT molecular complexity index is 643. The molecule has 0 saturated heterocycles. The average Bonchev–Trinajstić information content (AvgIpc) is 3.11. The molecule has 0 aliphatic heterocycles. The van der Waals surface area contributed by atoms with Crippen LogP contribution >= 0.6 is 26.6 Å². The van der Waals surface area contributed by atoms with E-state index in [4.69, 9.17) is 15.4 Å². The number of carbonyl (C=O) groups excluding carboxylic acids is 1. The molecule has 0 heterocycles. The highest BCUT2D eigenvalue weighted by molar-refractivity contribution is 9.10. The normalized spacial score (nSPS) is 15.2. The van der Waals surface area contributed by atoms with Crippen molar-refractivity contribution in [3.63, 3.8) is 0 Å². The SMILES string of the molecule is O=C(OCCC1CC1)c1cc(S(=O)(=O)Cl)c(Br)cc1F. The van der Waals surface area contributed by atoms with Gasteiger partial charge in [-0.2, -0.15) is 0 Å². The number of rotatable bonds is 5. The zero-order valence-electron chi connectivity index (χ0n) is 10.2. The van der Waals surface area contributed by atoms with Crippen molar-refractivity contribution < 1.29 is 22.3 Å². The van der Waals surface area contributed by atoms with Crippen molar-refractivity contribution in [2.45, 2.75) is 24.2 Å². The summed E-state index contributed by atoms with van der Waals surface area (Å²) in [6, 6.07) is 1.76. The molecule has 1 aliphatic carbocycles. The molecule has 20 heavy (non-hydrogen) atoms. The quantitative estimate of drug-likeness (QED) is 0.575. The molecule has 4 nitrogen and oxygen atoms in total. The van der Waals surface area contributed by atoms with Gasteiger partial charge < -0.3 is 4.74 Å². The van der Waals surface area contributed by atoms with E-state index in [1.165, 1.54) is 0 Å². The monoisotopic (exact) mass is 384 g/mol. The topological polar surface area (TPSA) is 60.4 Å². The van der Waals surface area contributed by atoms with Gasteiger partial charge in [-0.25, -0.2) is 17.6 Å². The fourth-order valence-corrected chi connectivity index (χ4v) is 3.84. The summed E-state index contributed by atoms with van der Waals surface area (Å²) in [4.78, 5) is 11.4. The minimum absolute atomic E-state index is 0.0421. The highest BCUT2D eigenvalue weighted by atomic mass is 79.9. The van der Waals surface area contributed by atoms with E-state index in [-0.39, 0.29) is 16.0 Å². The predicted molar refractivity (Wildman–Crippen MR) is 74.8 cm³/mol. The Morgan fingerprint density at radius 1 is 1.45 bits per heavy atom. The lowest BCUT2D eigenvalue weighted by Crippen LogP contribution is -2.10. The smallest absolute Gasteiger partial charge is 0.341 e. The summed E-state index contributed by atoms with van der Waals surface area (Å²) >= 11 is 2.89. The molecule has 2 rings (SSSR count). The minimum atomic E-state index is -4.08. The third-order valence-corrected chi connectivity index (χ3v) is 5.24. The highest BCUT2D eigenvalue weighted by Gasteiger charge is 2.24. The zero-order valence-corrected chi connectivity index (χ0v) is 13.4. The second-order valence-corrected chi connectivity index (χ2v) is 7.96. The van der Waals surface area contributed by atoms with Crippen LogP contribution in [0.4, 0.5) is 4.39 Å². The van der Waals surface area contributed by atoms with E-state index in [0.717, 1.165) is 31.4 Å². The Morgan fingerprint density at radius 3 is 2.65 bits per heavy atom. The summed E-state index contributed by atoms with van der Waals surface area (Å²) < 4.78 is 41.2. The van der Waals surface area contributed by atoms with Crippen molar-refractivity contribution in [3.8, 4) is 0 Å². The second-order valence-electron chi connectivity index (χ2n) is 4.57. The van der Waals surface area contributed by atoms with E-state index in [1.54, 1.807) is 0 Å². The van der Waals surface area contributed by atoms with E-state index in [0.29, 0.717) is 5.92 Å². The van der Waals surface area contributed by atoms with Gasteiger partial charge in [-0.05, 0) is 40.4 Å². The summed E-state index contributed by atoms with van der Waals surface area (Å²) in [6.07, 6.45) is 2.99. The van der Waals surface area contributed by atoms with Crippen LogP contribution in [0, 0.1) is 11.7 Å². The Hall–Kier alpha value is -0.660. The first-order chi connectivity index (χ1) is 9.29. The van der Waals surface area contributed by atoms with Crippen LogP contribution in [0.1, 0.15) is 29.6 Å². The maximum atomic E-state index is 13.7. The van der Waals surface area contributed by atoms with Crippen LogP contribution in [0.15, 0.2) is 21.5 Å². The molecule has 1 saturated carbocycles. The molecule has 1 aliphatic rings. The van der Waals surface area contributed by atoms with Gasteiger partial charge in [0.25, 0.3) is 9.05 Å². The molecular formula is C12H11BrClFO4S. The first kappa shape index (κ1) is 15.7. The maximum Gasteiger partial charge on any atom is 0.341 e. The van der Waals surface area contributed by atoms with E-state index in [2.05, 4.69) is 15.9 Å². The van der Waals surface area contributed by atoms with Crippen LogP contribution in [0.5, 0.6) is 0 Å². The maximum absolute atomic E-state index is 13.7. The van der Waals surface area contributed by atoms with Crippen LogP contribution in [0.2, 0.25) is 0 Å². The van der Waals surface area contributed by atoms with Gasteiger partial charge in [0.05, 0.1) is 17.1 Å². The van der Waals surface area contributed by atoms with Crippen LogP contribution in [-0.4, -0.2) is 21.0 Å². The third-order valence-electron chi connectivity index (χ3n) is 2.96. The molecule has 110 valence electrons. The lowest BCUT2D eigenvalue weighted by Gasteiger charge is -2.08. The van der Waals surface area contributed by atoms with Crippen molar-refractivity contribution in [1.29, 1.82) is 0 Å². The van der Waals surface area contributed by atoms with Crippen LogP contribution in [0.25, 0.3) is 0 Å². The molecule has 1 fully saturated rings. The Morgan fingerprint density at radius 2 is 2.10 bits per heavy atom.